The van der Waals surface area contributed by atoms with Gasteiger partial charge in [0.2, 0.25) is 5.24 Å². The highest BCUT2D eigenvalue weighted by atomic mass is 35.5. The Morgan fingerprint density at radius 2 is 0.818 bits per heavy atom. The zero-order valence-corrected chi connectivity index (χ0v) is 27.5. The van der Waals surface area contributed by atoms with Gasteiger partial charge in [0.15, 0.2) is 0 Å². The summed E-state index contributed by atoms with van der Waals surface area (Å²) in [4.78, 5) is 69.1. The van der Waals surface area contributed by atoms with Crippen LogP contribution in [0.4, 0.5) is 0 Å². The summed E-state index contributed by atoms with van der Waals surface area (Å²) in [5.41, 5.74) is 0. The van der Waals surface area contributed by atoms with Gasteiger partial charge in [-0.2, -0.15) is 0 Å². The molecule has 10 nitrogen and oxygen atoms in total. The number of carbonyl (C=O) groups is 4. The van der Waals surface area contributed by atoms with Crippen LogP contribution in [0.25, 0.3) is 0 Å². The first-order chi connectivity index (χ1) is 18.6. The summed E-state index contributed by atoms with van der Waals surface area (Å²) in [6.45, 7) is 4.74. The fourth-order valence-corrected chi connectivity index (χ4v) is 5.88. The minimum atomic E-state index is -4.03. The van der Waals surface area contributed by atoms with Crippen molar-refractivity contribution in [1.82, 2.24) is 0 Å². The van der Waals surface area contributed by atoms with Gasteiger partial charge in [0.25, 0.3) is 17.9 Å². The Labute approximate surface area is 272 Å². The average molecular weight is 689 g/mol. The molecular weight excluding hydrogens is 640 g/mol. The van der Waals surface area contributed by atoms with Crippen molar-refractivity contribution < 1.29 is 46.8 Å². The van der Waals surface area contributed by atoms with E-state index < -0.39 is 35.5 Å². The van der Waals surface area contributed by atoms with E-state index in [1.807, 2.05) is 6.07 Å². The van der Waals surface area contributed by atoms with Crippen LogP contribution in [-0.2, 0) is 32.5 Å². The van der Waals surface area contributed by atoms with Crippen LogP contribution < -0.4 is 15.6 Å². The Balaban J connectivity index is -0.000000171. The van der Waals surface area contributed by atoms with E-state index in [-0.39, 0.29) is 40.1 Å². The quantitative estimate of drug-likeness (QED) is 0.269. The third-order valence-electron chi connectivity index (χ3n) is 4.06. The summed E-state index contributed by atoms with van der Waals surface area (Å²) >= 11 is 4.64. The van der Waals surface area contributed by atoms with Crippen LogP contribution in [-0.4, -0.2) is 65.4 Å². The molecule has 44 heavy (non-hydrogen) atoms. The minimum absolute atomic E-state index is 0. The number of halogens is 1. The molecule has 0 atom stereocenters. The first-order valence-electron chi connectivity index (χ1n) is 11.6. The molecule has 0 aromatic heterocycles. The van der Waals surface area contributed by atoms with Crippen molar-refractivity contribution in [2.45, 2.75) is 57.4 Å². The molecule has 0 aliphatic heterocycles. The van der Waals surface area contributed by atoms with Gasteiger partial charge in [-0.3, -0.25) is 19.2 Å². The Hall–Kier alpha value is -3.44. The molecule has 0 spiro atoms. The maximum Gasteiger partial charge on any atom is 0.742 e. The van der Waals surface area contributed by atoms with Crippen molar-refractivity contribution in [2.75, 3.05) is 0 Å². The smallest absolute Gasteiger partial charge is 0.452 e. The van der Waals surface area contributed by atoms with E-state index in [0.29, 0.717) is 5.19 Å². The van der Waals surface area contributed by atoms with Gasteiger partial charge in [-0.05, 0) is 11.6 Å². The number of rotatable bonds is 5. The molecule has 0 saturated carbocycles. The van der Waals surface area contributed by atoms with Gasteiger partial charge in [-0.15, -0.1) is 0 Å². The Morgan fingerprint density at radius 3 is 1.00 bits per heavy atom. The van der Waals surface area contributed by atoms with E-state index in [0.717, 1.165) is 20.8 Å². The summed E-state index contributed by atoms with van der Waals surface area (Å²) in [7, 11) is -6.77. The van der Waals surface area contributed by atoms with E-state index in [1.165, 1.54) is 34.5 Å². The Bertz CT molecular complexity index is 1150. The number of hydrogen-bond donors (Lipinski definition) is 3. The van der Waals surface area contributed by atoms with Gasteiger partial charge in [0, 0.05) is 43.1 Å². The molecule has 3 aromatic carbocycles. The maximum absolute atomic E-state index is 11.2. The first kappa shape index (κ1) is 50.2. The van der Waals surface area contributed by atoms with Crippen molar-refractivity contribution in [3.8, 4) is 0 Å². The number of benzene rings is 3. The molecule has 0 fully saturated rings. The molecule has 0 unspecified atom stereocenters. The summed E-state index contributed by atoms with van der Waals surface area (Å²) in [5, 5.41) is 1.66. The first-order valence-corrected chi connectivity index (χ1v) is 16.6. The lowest BCUT2D eigenvalue weighted by Gasteiger charge is -2.26. The fourth-order valence-electron chi connectivity index (χ4n) is 2.65. The molecule has 0 aliphatic carbocycles. The molecule has 3 rings (SSSR count). The van der Waals surface area contributed by atoms with Crippen molar-refractivity contribution >= 4 is 78.2 Å². The van der Waals surface area contributed by atoms with Crippen LogP contribution >= 0.6 is 11.6 Å². The van der Waals surface area contributed by atoms with Gasteiger partial charge in [-0.1, -0.05) is 126 Å². The predicted octanol–water partition coefficient (Wildman–Crippen LogP) is 2.32. The van der Waals surface area contributed by atoms with Crippen LogP contribution in [0.1, 0.15) is 57.4 Å². The number of hydrogen-bond acceptors (Lipinski definition) is 10. The van der Waals surface area contributed by atoms with E-state index in [2.05, 4.69) is 35.9 Å². The Morgan fingerprint density at radius 1 is 0.568 bits per heavy atom. The topological polar surface area (TPSA) is 157 Å². The van der Waals surface area contributed by atoms with Crippen LogP contribution in [0.2, 0.25) is 0 Å². The van der Waals surface area contributed by atoms with Crippen molar-refractivity contribution in [2.24, 2.45) is 0 Å². The molecule has 3 N–H and O–H groups in total. The average Bonchev–Trinajstić information content (AvgIpc) is 2.84. The molecule has 0 aliphatic rings. The number of carbonyl (C=O) groups excluding carboxylic acids is 4. The molecule has 0 amide bonds. The minimum Gasteiger partial charge on any atom is -0.452 e. The second-order valence-corrected chi connectivity index (χ2v) is 13.7. The summed E-state index contributed by atoms with van der Waals surface area (Å²) in [6, 6.07) is 26.6. The predicted molar refractivity (Wildman–Crippen MR) is 185 cm³/mol. The highest BCUT2D eigenvalue weighted by Crippen LogP contribution is 2.12. The standard InChI is InChI=1S/C12H14O6Si.C6H8O3Si.C6H8Si.C2H3ClO.4CH4/c1-9(13)16-19(17-10(2)14,18-11(3)15)12-7-5-4-6-8-12;7-10(8,9)6-4-2-1-3-5-6;7-6-4-2-1-3-5-6;1-2(3)4;;;;/h4-8H,1-3H3;1-5,7-9H;1-5H,7H3;1H3;4*1H4. The third kappa shape index (κ3) is 24.0. The molecule has 3 aromatic rings. The molecule has 0 bridgehead atoms. The van der Waals surface area contributed by atoms with E-state index in [4.69, 9.17) is 27.7 Å². The molecular formula is C30H49ClO10Si3. The van der Waals surface area contributed by atoms with E-state index in [9.17, 15) is 19.2 Å². The molecule has 14 heteroatoms. The monoisotopic (exact) mass is 688 g/mol. The normalized spacial score (nSPS) is 9.18. The maximum atomic E-state index is 11.2. The SMILES string of the molecule is C.C.C.C.CC(=O)Cl.CC(=O)O[Si](OC(C)=O)(OC(C)=O)c1ccccc1.O[Si](O)(O)c1ccccc1.[SiH3]c1ccccc1. The van der Waals surface area contributed by atoms with Crippen molar-refractivity contribution in [3.63, 3.8) is 0 Å². The van der Waals surface area contributed by atoms with Crippen molar-refractivity contribution in [3.05, 3.63) is 91.0 Å². The van der Waals surface area contributed by atoms with Crippen LogP contribution in [0.3, 0.4) is 0 Å². The molecule has 0 radical (unpaired) electrons. The van der Waals surface area contributed by atoms with Crippen LogP contribution in [0, 0.1) is 0 Å². The van der Waals surface area contributed by atoms with Gasteiger partial charge in [0.1, 0.15) is 0 Å². The largest absolute Gasteiger partial charge is 0.742 e. The van der Waals surface area contributed by atoms with E-state index in [1.54, 1.807) is 48.5 Å². The highest BCUT2D eigenvalue weighted by Gasteiger charge is 2.54. The summed E-state index contributed by atoms with van der Waals surface area (Å²) in [6.07, 6.45) is 0. The zero-order valence-electron chi connectivity index (χ0n) is 22.7. The lowest BCUT2D eigenvalue weighted by atomic mass is 10.4. The second kappa shape index (κ2) is 26.0. The van der Waals surface area contributed by atoms with Gasteiger partial charge < -0.3 is 27.7 Å². The van der Waals surface area contributed by atoms with Crippen LogP contribution in [0.15, 0.2) is 91.0 Å². The van der Waals surface area contributed by atoms with Crippen LogP contribution in [0.5, 0.6) is 0 Å². The zero-order chi connectivity index (χ0) is 30.8. The third-order valence-corrected chi connectivity index (χ3v) is 8.55. The highest BCUT2D eigenvalue weighted by molar-refractivity contribution is 6.79. The summed E-state index contributed by atoms with van der Waals surface area (Å²) in [5.74, 6) is -2.09. The molecule has 248 valence electrons. The van der Waals surface area contributed by atoms with Gasteiger partial charge in [0.05, 0.1) is 5.19 Å². The second-order valence-electron chi connectivity index (χ2n) is 7.83. The lowest BCUT2D eigenvalue weighted by Crippen LogP contribution is -2.59. The fraction of sp³-hybridized carbons (Fsp3) is 0.267. The van der Waals surface area contributed by atoms with Gasteiger partial charge >= 0.3 is 17.6 Å². The lowest BCUT2D eigenvalue weighted by molar-refractivity contribution is -0.146. The Kier molecular flexibility index (Phi) is 29.7. The molecule has 0 saturated heterocycles. The van der Waals surface area contributed by atoms with Gasteiger partial charge in [-0.25, -0.2) is 0 Å². The summed E-state index contributed by atoms with van der Waals surface area (Å²) < 4.78 is 15.2. The van der Waals surface area contributed by atoms with E-state index >= 15 is 0 Å². The van der Waals surface area contributed by atoms with Crippen molar-refractivity contribution in [1.29, 1.82) is 0 Å². The molecule has 0 heterocycles.